The van der Waals surface area contributed by atoms with Gasteiger partial charge in [-0.2, -0.15) is 0 Å². The minimum Gasteiger partial charge on any atom is -0.427 e. The molecule has 2 aromatic carbocycles. The zero-order valence-electron chi connectivity index (χ0n) is 13.3. The molecule has 0 spiro atoms. The van der Waals surface area contributed by atoms with Crippen molar-refractivity contribution in [3.05, 3.63) is 53.6 Å². The topological polar surface area (TPSA) is 26.3 Å². The molecule has 114 valence electrons. The second-order valence-corrected chi connectivity index (χ2v) is 6.18. The third-order valence-electron chi connectivity index (χ3n) is 4.39. The second kappa shape index (κ2) is 6.35. The minimum atomic E-state index is -0.198. The monoisotopic (exact) mass is 294 g/mol. The molecule has 1 atom stereocenters. The maximum absolute atomic E-state index is 11.3. The Labute approximate surface area is 132 Å². The van der Waals surface area contributed by atoms with Crippen molar-refractivity contribution >= 4 is 5.97 Å². The van der Waals surface area contributed by atoms with Crippen molar-refractivity contribution in [3.8, 4) is 16.9 Å². The maximum atomic E-state index is 11.3. The molecule has 0 saturated carbocycles. The number of carbonyl (C=O) groups excluding carboxylic acids is 1. The number of esters is 1. The Morgan fingerprint density at radius 3 is 2.55 bits per heavy atom. The molecule has 0 bridgehead atoms. The van der Waals surface area contributed by atoms with E-state index in [1.165, 1.54) is 36.0 Å². The van der Waals surface area contributed by atoms with Gasteiger partial charge in [-0.05, 0) is 59.6 Å². The summed E-state index contributed by atoms with van der Waals surface area (Å²) in [6.45, 7) is 4.12. The fraction of sp³-hybridized carbons (Fsp3) is 0.350. The molecular weight excluding hydrogens is 272 g/mol. The van der Waals surface area contributed by atoms with E-state index in [2.05, 4.69) is 25.1 Å². The van der Waals surface area contributed by atoms with Gasteiger partial charge in [0, 0.05) is 6.42 Å². The number of hydrogen-bond donors (Lipinski definition) is 0. The van der Waals surface area contributed by atoms with Crippen LogP contribution in [0.4, 0.5) is 0 Å². The first-order valence-corrected chi connectivity index (χ1v) is 8.08. The predicted octanol–water partition coefficient (Wildman–Crippen LogP) is 4.79. The molecule has 1 aliphatic carbocycles. The smallest absolute Gasteiger partial charge is 0.310 e. The van der Waals surface area contributed by atoms with Gasteiger partial charge in [-0.1, -0.05) is 44.2 Å². The molecule has 0 saturated heterocycles. The molecule has 2 nitrogen and oxygen atoms in total. The first-order valence-electron chi connectivity index (χ1n) is 8.08. The lowest BCUT2D eigenvalue weighted by molar-refractivity contribution is -0.134. The molecule has 1 aliphatic rings. The highest BCUT2D eigenvalue weighted by atomic mass is 16.5. The molecule has 0 N–H and O–H groups in total. The lowest BCUT2D eigenvalue weighted by Gasteiger charge is -2.22. The number of carbonyl (C=O) groups is 1. The SMILES string of the molecule is CCC(=O)Oc1ccc(-c2ccc3c(c2)CCC(C)C3)cc1. The summed E-state index contributed by atoms with van der Waals surface area (Å²) in [7, 11) is 0. The quantitative estimate of drug-likeness (QED) is 0.600. The lowest BCUT2D eigenvalue weighted by atomic mass is 9.83. The van der Waals surface area contributed by atoms with Crippen LogP contribution in [-0.2, 0) is 17.6 Å². The number of hydrogen-bond acceptors (Lipinski definition) is 2. The van der Waals surface area contributed by atoms with E-state index in [4.69, 9.17) is 4.74 Å². The first kappa shape index (κ1) is 14.8. The minimum absolute atomic E-state index is 0.198. The fourth-order valence-corrected chi connectivity index (χ4v) is 3.04. The third-order valence-corrected chi connectivity index (χ3v) is 4.39. The second-order valence-electron chi connectivity index (χ2n) is 6.18. The highest BCUT2D eigenvalue weighted by molar-refractivity contribution is 5.72. The normalized spacial score (nSPS) is 16.9. The standard InChI is InChI=1S/C20H22O2/c1-3-20(21)22-19-10-8-15(9-11-19)17-7-6-16-12-14(2)4-5-18(16)13-17/h6-11,13-14H,3-5,12H2,1-2H3. The Bertz CT molecular complexity index is 671. The van der Waals surface area contributed by atoms with Crippen LogP contribution in [0.5, 0.6) is 5.75 Å². The largest absolute Gasteiger partial charge is 0.427 e. The Morgan fingerprint density at radius 2 is 1.82 bits per heavy atom. The van der Waals surface area contributed by atoms with Gasteiger partial charge in [0.05, 0.1) is 0 Å². The van der Waals surface area contributed by atoms with Gasteiger partial charge < -0.3 is 4.74 Å². The lowest BCUT2D eigenvalue weighted by Crippen LogP contribution is -2.11. The molecule has 2 heteroatoms. The molecule has 22 heavy (non-hydrogen) atoms. The summed E-state index contributed by atoms with van der Waals surface area (Å²) in [5.41, 5.74) is 5.38. The molecule has 0 heterocycles. The van der Waals surface area contributed by atoms with Gasteiger partial charge in [-0.25, -0.2) is 0 Å². The summed E-state index contributed by atoms with van der Waals surface area (Å²) in [4.78, 5) is 11.3. The number of ether oxygens (including phenoxy) is 1. The molecular formula is C20H22O2. The van der Waals surface area contributed by atoms with Crippen LogP contribution in [0.3, 0.4) is 0 Å². The highest BCUT2D eigenvalue weighted by Gasteiger charge is 2.15. The average Bonchev–Trinajstić information content (AvgIpc) is 2.55. The molecule has 2 aromatic rings. The van der Waals surface area contributed by atoms with Gasteiger partial charge in [0.2, 0.25) is 0 Å². The van der Waals surface area contributed by atoms with Gasteiger partial charge in [0.1, 0.15) is 5.75 Å². The van der Waals surface area contributed by atoms with E-state index in [0.717, 1.165) is 11.5 Å². The van der Waals surface area contributed by atoms with Crippen molar-refractivity contribution in [2.24, 2.45) is 5.92 Å². The number of aryl methyl sites for hydroxylation is 1. The average molecular weight is 294 g/mol. The molecule has 0 fully saturated rings. The molecule has 0 aromatic heterocycles. The van der Waals surface area contributed by atoms with Crippen molar-refractivity contribution in [2.75, 3.05) is 0 Å². The summed E-state index contributed by atoms with van der Waals surface area (Å²) in [6.07, 6.45) is 4.05. The van der Waals surface area contributed by atoms with E-state index in [0.29, 0.717) is 12.2 Å². The van der Waals surface area contributed by atoms with Crippen LogP contribution in [0.25, 0.3) is 11.1 Å². The van der Waals surface area contributed by atoms with Gasteiger partial charge in [-0.15, -0.1) is 0 Å². The molecule has 3 rings (SSSR count). The third kappa shape index (κ3) is 3.22. The van der Waals surface area contributed by atoms with Crippen LogP contribution in [0, 0.1) is 5.92 Å². The molecule has 0 amide bonds. The van der Waals surface area contributed by atoms with E-state index in [1.54, 1.807) is 6.92 Å². The van der Waals surface area contributed by atoms with Gasteiger partial charge >= 0.3 is 5.97 Å². The molecule has 0 radical (unpaired) electrons. The van der Waals surface area contributed by atoms with E-state index >= 15 is 0 Å². The van der Waals surface area contributed by atoms with Crippen molar-refractivity contribution < 1.29 is 9.53 Å². The number of fused-ring (bicyclic) bond motifs is 1. The zero-order chi connectivity index (χ0) is 15.5. The number of benzene rings is 2. The summed E-state index contributed by atoms with van der Waals surface area (Å²) in [5.74, 6) is 1.21. The van der Waals surface area contributed by atoms with Crippen molar-refractivity contribution in [3.63, 3.8) is 0 Å². The van der Waals surface area contributed by atoms with Crippen LogP contribution < -0.4 is 4.74 Å². The Hall–Kier alpha value is -2.09. The van der Waals surface area contributed by atoms with Crippen LogP contribution in [0.15, 0.2) is 42.5 Å². The summed E-state index contributed by atoms with van der Waals surface area (Å²) < 4.78 is 5.22. The van der Waals surface area contributed by atoms with Gasteiger partial charge in [0.25, 0.3) is 0 Å². The first-order chi connectivity index (χ1) is 10.7. The summed E-state index contributed by atoms with van der Waals surface area (Å²) in [5, 5.41) is 0. The Balaban J connectivity index is 1.81. The zero-order valence-corrected chi connectivity index (χ0v) is 13.3. The summed E-state index contributed by atoms with van der Waals surface area (Å²) in [6, 6.07) is 14.6. The van der Waals surface area contributed by atoms with Gasteiger partial charge in [-0.3, -0.25) is 4.79 Å². The fourth-order valence-electron chi connectivity index (χ4n) is 3.04. The van der Waals surface area contributed by atoms with E-state index in [-0.39, 0.29) is 5.97 Å². The van der Waals surface area contributed by atoms with E-state index in [9.17, 15) is 4.79 Å². The number of rotatable bonds is 3. The van der Waals surface area contributed by atoms with Crippen molar-refractivity contribution in [1.29, 1.82) is 0 Å². The Morgan fingerprint density at radius 1 is 1.09 bits per heavy atom. The van der Waals surface area contributed by atoms with E-state index in [1.807, 2.05) is 24.3 Å². The maximum Gasteiger partial charge on any atom is 0.310 e. The molecule has 0 aliphatic heterocycles. The van der Waals surface area contributed by atoms with Gasteiger partial charge in [0.15, 0.2) is 0 Å². The van der Waals surface area contributed by atoms with Crippen molar-refractivity contribution in [2.45, 2.75) is 39.5 Å². The Kier molecular flexibility index (Phi) is 4.28. The highest BCUT2D eigenvalue weighted by Crippen LogP contribution is 2.30. The predicted molar refractivity (Wildman–Crippen MR) is 89.0 cm³/mol. The van der Waals surface area contributed by atoms with Crippen LogP contribution >= 0.6 is 0 Å². The summed E-state index contributed by atoms with van der Waals surface area (Å²) >= 11 is 0. The molecule has 1 unspecified atom stereocenters. The van der Waals surface area contributed by atoms with Crippen LogP contribution in [0.2, 0.25) is 0 Å². The van der Waals surface area contributed by atoms with Crippen LogP contribution in [0.1, 0.15) is 37.8 Å². The van der Waals surface area contributed by atoms with Crippen LogP contribution in [-0.4, -0.2) is 5.97 Å². The van der Waals surface area contributed by atoms with E-state index < -0.39 is 0 Å². The van der Waals surface area contributed by atoms with Crippen molar-refractivity contribution in [1.82, 2.24) is 0 Å².